The Morgan fingerprint density at radius 2 is 2.06 bits per heavy atom. The van der Waals surface area contributed by atoms with E-state index in [2.05, 4.69) is 10.3 Å². The molecule has 0 fully saturated rings. The van der Waals surface area contributed by atoms with Gasteiger partial charge in [-0.05, 0) is 25.1 Å². The Kier molecular flexibility index (Phi) is 4.29. The molecule has 0 bridgehead atoms. The van der Waals surface area contributed by atoms with Crippen LogP contribution in [0, 0.1) is 5.82 Å². The number of hydrogen-bond donors (Lipinski definition) is 1. The maximum absolute atomic E-state index is 13.1. The summed E-state index contributed by atoms with van der Waals surface area (Å²) in [6, 6.07) is 2.44. The van der Waals surface area contributed by atoms with Crippen LogP contribution in [0.15, 0.2) is 18.3 Å². The van der Waals surface area contributed by atoms with E-state index < -0.39 is 17.8 Å². The first-order chi connectivity index (χ1) is 7.56. The minimum atomic E-state index is -2.59. The van der Waals surface area contributed by atoms with Crippen LogP contribution < -0.4 is 5.32 Å². The quantitative estimate of drug-likeness (QED) is 0.844. The predicted molar refractivity (Wildman–Crippen MR) is 55.8 cm³/mol. The van der Waals surface area contributed by atoms with Crippen LogP contribution in [0.3, 0.4) is 0 Å². The first kappa shape index (κ1) is 13.0. The van der Waals surface area contributed by atoms with Gasteiger partial charge in [0, 0.05) is 0 Å². The number of pyridine rings is 1. The van der Waals surface area contributed by atoms with Crippen molar-refractivity contribution >= 4 is 0 Å². The molecule has 1 atom stereocenters. The lowest BCUT2D eigenvalue weighted by Crippen LogP contribution is -2.48. The van der Waals surface area contributed by atoms with Crippen molar-refractivity contribution < 1.29 is 13.2 Å². The van der Waals surface area contributed by atoms with Crippen LogP contribution in [0.1, 0.15) is 26.0 Å². The van der Waals surface area contributed by atoms with Crippen molar-refractivity contribution in [2.45, 2.75) is 32.2 Å². The lowest BCUT2D eigenvalue weighted by molar-refractivity contribution is 0.0227. The molecule has 1 unspecified atom stereocenters. The van der Waals surface area contributed by atoms with Gasteiger partial charge in [-0.25, -0.2) is 13.2 Å². The van der Waals surface area contributed by atoms with Crippen LogP contribution in [0.2, 0.25) is 0 Å². The fourth-order valence-corrected chi connectivity index (χ4v) is 1.70. The summed E-state index contributed by atoms with van der Waals surface area (Å²) in [5.41, 5.74) is -1.31. The normalized spacial score (nSPS) is 15.1. The number of hydrogen-bond acceptors (Lipinski definition) is 2. The van der Waals surface area contributed by atoms with E-state index in [1.807, 2.05) is 0 Å². The number of rotatable bonds is 5. The van der Waals surface area contributed by atoms with Gasteiger partial charge in [-0.15, -0.1) is 0 Å². The Morgan fingerprint density at radius 3 is 2.44 bits per heavy atom. The van der Waals surface area contributed by atoms with Crippen LogP contribution in [-0.4, -0.2) is 18.0 Å². The molecule has 1 N–H and O–H groups in total. The minimum Gasteiger partial charge on any atom is -0.302 e. The molecule has 2 nitrogen and oxygen atoms in total. The summed E-state index contributed by atoms with van der Waals surface area (Å²) in [4.78, 5) is 3.74. The first-order valence-electron chi connectivity index (χ1n) is 5.22. The summed E-state index contributed by atoms with van der Waals surface area (Å²) in [6.45, 7) is 3.80. The Balaban J connectivity index is 3.13. The van der Waals surface area contributed by atoms with Crippen LogP contribution in [-0.2, 0) is 5.54 Å². The summed E-state index contributed by atoms with van der Waals surface area (Å²) in [5, 5.41) is 2.75. The number of halogens is 3. The smallest absolute Gasteiger partial charge is 0.262 e. The number of aromatic nitrogens is 1. The molecule has 0 aliphatic rings. The highest BCUT2D eigenvalue weighted by Crippen LogP contribution is 2.30. The number of nitrogens with zero attached hydrogens (tertiary/aromatic N) is 1. The molecule has 0 amide bonds. The predicted octanol–water partition coefficient (Wildman–Crippen LogP) is 2.70. The van der Waals surface area contributed by atoms with Gasteiger partial charge in [0.15, 0.2) is 0 Å². The molecule has 0 radical (unpaired) electrons. The van der Waals surface area contributed by atoms with Gasteiger partial charge in [0.2, 0.25) is 0 Å². The van der Waals surface area contributed by atoms with E-state index in [-0.39, 0.29) is 12.1 Å². The molecular formula is C11H15F3N2. The highest BCUT2D eigenvalue weighted by atomic mass is 19.3. The molecule has 0 aliphatic heterocycles. The van der Waals surface area contributed by atoms with Gasteiger partial charge in [0.1, 0.15) is 11.4 Å². The molecular weight excluding hydrogens is 217 g/mol. The lowest BCUT2D eigenvalue weighted by atomic mass is 9.91. The Bertz CT molecular complexity index is 327. The fourth-order valence-electron chi connectivity index (χ4n) is 1.70. The molecule has 1 aromatic heterocycles. The highest BCUT2D eigenvalue weighted by Gasteiger charge is 2.40. The number of nitrogens with one attached hydrogen (secondary N) is 1. The van der Waals surface area contributed by atoms with Gasteiger partial charge in [-0.2, -0.15) is 0 Å². The lowest BCUT2D eigenvalue weighted by Gasteiger charge is -2.32. The zero-order chi connectivity index (χ0) is 12.2. The van der Waals surface area contributed by atoms with Crippen molar-refractivity contribution in [3.63, 3.8) is 0 Å². The van der Waals surface area contributed by atoms with Gasteiger partial charge < -0.3 is 5.32 Å². The average Bonchev–Trinajstić information content (AvgIpc) is 2.27. The summed E-state index contributed by atoms with van der Waals surface area (Å²) < 4.78 is 39.0. The maximum atomic E-state index is 13.1. The summed E-state index contributed by atoms with van der Waals surface area (Å²) in [6.07, 6.45) is -1.44. The zero-order valence-corrected chi connectivity index (χ0v) is 9.30. The molecule has 1 aromatic rings. The Morgan fingerprint density at radius 1 is 1.38 bits per heavy atom. The van der Waals surface area contributed by atoms with Gasteiger partial charge >= 0.3 is 0 Å². The van der Waals surface area contributed by atoms with Crippen LogP contribution in [0.25, 0.3) is 0 Å². The van der Waals surface area contributed by atoms with Crippen LogP contribution >= 0.6 is 0 Å². The molecule has 90 valence electrons. The monoisotopic (exact) mass is 232 g/mol. The largest absolute Gasteiger partial charge is 0.302 e. The Labute approximate surface area is 92.9 Å². The van der Waals surface area contributed by atoms with Gasteiger partial charge in [0.25, 0.3) is 6.43 Å². The molecule has 1 heterocycles. The summed E-state index contributed by atoms with van der Waals surface area (Å²) in [5.74, 6) is -0.528. The summed E-state index contributed by atoms with van der Waals surface area (Å²) in [7, 11) is 0. The molecule has 0 saturated carbocycles. The van der Waals surface area contributed by atoms with Gasteiger partial charge in [0.05, 0.1) is 11.9 Å². The van der Waals surface area contributed by atoms with Crippen LogP contribution in [0.4, 0.5) is 13.2 Å². The maximum Gasteiger partial charge on any atom is 0.262 e. The summed E-state index contributed by atoms with van der Waals surface area (Å²) >= 11 is 0. The van der Waals surface area contributed by atoms with E-state index in [0.29, 0.717) is 6.54 Å². The molecule has 5 heteroatoms. The third kappa shape index (κ3) is 2.35. The van der Waals surface area contributed by atoms with Crippen molar-refractivity contribution in [1.82, 2.24) is 10.3 Å². The van der Waals surface area contributed by atoms with Crippen molar-refractivity contribution in [3.05, 3.63) is 29.8 Å². The average molecular weight is 232 g/mol. The van der Waals surface area contributed by atoms with E-state index >= 15 is 0 Å². The molecule has 0 spiro atoms. The number of alkyl halides is 2. The van der Waals surface area contributed by atoms with E-state index in [9.17, 15) is 13.2 Å². The van der Waals surface area contributed by atoms with Crippen molar-refractivity contribution in [2.75, 3.05) is 6.54 Å². The standard InChI is InChI=1S/C11H15F3N2/c1-3-11(10(13)14,16-4-2)9-6-5-8(12)7-15-9/h5-7,10,16H,3-4H2,1-2H3. The van der Waals surface area contributed by atoms with Crippen molar-refractivity contribution in [2.24, 2.45) is 0 Å². The zero-order valence-electron chi connectivity index (χ0n) is 9.30. The fraction of sp³-hybridized carbons (Fsp3) is 0.545. The van der Waals surface area contributed by atoms with Gasteiger partial charge in [-0.3, -0.25) is 4.98 Å². The highest BCUT2D eigenvalue weighted by molar-refractivity contribution is 5.17. The van der Waals surface area contributed by atoms with Crippen molar-refractivity contribution in [3.8, 4) is 0 Å². The molecule has 1 rings (SSSR count). The SMILES string of the molecule is CCNC(CC)(c1ccc(F)cn1)C(F)F. The Hall–Kier alpha value is -1.10. The third-order valence-electron chi connectivity index (χ3n) is 2.61. The molecule has 0 aliphatic carbocycles. The van der Waals surface area contributed by atoms with E-state index in [1.165, 1.54) is 6.07 Å². The van der Waals surface area contributed by atoms with E-state index in [1.54, 1.807) is 13.8 Å². The van der Waals surface area contributed by atoms with Crippen LogP contribution in [0.5, 0.6) is 0 Å². The topological polar surface area (TPSA) is 24.9 Å². The second-order valence-corrected chi connectivity index (χ2v) is 3.52. The third-order valence-corrected chi connectivity index (χ3v) is 2.61. The van der Waals surface area contributed by atoms with E-state index in [4.69, 9.17) is 0 Å². The van der Waals surface area contributed by atoms with Gasteiger partial charge in [-0.1, -0.05) is 13.8 Å². The second kappa shape index (κ2) is 5.30. The molecule has 16 heavy (non-hydrogen) atoms. The first-order valence-corrected chi connectivity index (χ1v) is 5.22. The minimum absolute atomic E-state index is 0.174. The molecule has 0 aromatic carbocycles. The molecule has 0 saturated heterocycles. The van der Waals surface area contributed by atoms with E-state index in [0.717, 1.165) is 12.3 Å². The second-order valence-electron chi connectivity index (χ2n) is 3.52. The van der Waals surface area contributed by atoms with Crippen molar-refractivity contribution in [1.29, 1.82) is 0 Å².